The molecule has 18 heavy (non-hydrogen) atoms. The van der Waals surface area contributed by atoms with E-state index in [9.17, 15) is 0 Å². The lowest BCUT2D eigenvalue weighted by molar-refractivity contribution is 0.135. The van der Waals surface area contributed by atoms with E-state index in [2.05, 4.69) is 9.80 Å². The number of ether oxygens (including phenoxy) is 1. The molecule has 2 saturated heterocycles. The summed E-state index contributed by atoms with van der Waals surface area (Å²) >= 11 is 0. The summed E-state index contributed by atoms with van der Waals surface area (Å²) in [5, 5.41) is 0. The molecule has 0 saturated carbocycles. The number of hydrogen-bond acceptors (Lipinski definition) is 3. The van der Waals surface area contributed by atoms with Gasteiger partial charge in [0.2, 0.25) is 0 Å². The topological polar surface area (TPSA) is 15.7 Å². The molecule has 2 rings (SSSR count). The molecule has 2 aliphatic heterocycles. The van der Waals surface area contributed by atoms with Crippen molar-refractivity contribution in [2.45, 2.75) is 51.0 Å². The number of rotatable bonds is 6. The fourth-order valence-corrected chi connectivity index (χ4v) is 3.41. The van der Waals surface area contributed by atoms with Gasteiger partial charge in [0, 0.05) is 26.3 Å². The molecule has 0 aromatic heterocycles. The van der Waals surface area contributed by atoms with Gasteiger partial charge in [-0.2, -0.15) is 0 Å². The number of methoxy groups -OCH3 is 1. The van der Waals surface area contributed by atoms with Gasteiger partial charge >= 0.3 is 0 Å². The Morgan fingerprint density at radius 2 is 1.89 bits per heavy atom. The first kappa shape index (κ1) is 14.3. The first-order valence-electron chi connectivity index (χ1n) is 7.85. The summed E-state index contributed by atoms with van der Waals surface area (Å²) in [6.45, 7) is 7.56. The Balaban J connectivity index is 1.66. The number of nitrogens with zero attached hydrogens (tertiary/aromatic N) is 2. The third-order valence-electron chi connectivity index (χ3n) is 4.46. The quantitative estimate of drug-likeness (QED) is 0.677. The maximum absolute atomic E-state index is 5.10. The molecular formula is C15H30N2O. The molecule has 2 fully saturated rings. The molecule has 1 atom stereocenters. The third-order valence-corrected chi connectivity index (χ3v) is 4.46. The molecule has 2 aliphatic rings. The average molecular weight is 254 g/mol. The summed E-state index contributed by atoms with van der Waals surface area (Å²) in [6.07, 6.45) is 9.56. The van der Waals surface area contributed by atoms with Crippen LogP contribution in [-0.2, 0) is 4.74 Å². The van der Waals surface area contributed by atoms with Gasteiger partial charge in [0.05, 0.1) is 0 Å². The molecule has 3 heteroatoms. The van der Waals surface area contributed by atoms with Gasteiger partial charge in [-0.1, -0.05) is 6.42 Å². The van der Waals surface area contributed by atoms with Crippen molar-refractivity contribution in [2.24, 2.45) is 0 Å². The summed E-state index contributed by atoms with van der Waals surface area (Å²) in [5.41, 5.74) is 0. The lowest BCUT2D eigenvalue weighted by Gasteiger charge is -2.35. The normalized spacial score (nSPS) is 26.8. The van der Waals surface area contributed by atoms with Gasteiger partial charge in [-0.25, -0.2) is 0 Å². The lowest BCUT2D eigenvalue weighted by atomic mass is 10.0. The van der Waals surface area contributed by atoms with Crippen molar-refractivity contribution in [1.82, 2.24) is 9.80 Å². The zero-order valence-corrected chi connectivity index (χ0v) is 12.1. The van der Waals surface area contributed by atoms with Gasteiger partial charge in [-0.3, -0.25) is 4.90 Å². The number of fused-ring (bicyclic) bond motifs is 1. The Kier molecular flexibility index (Phi) is 6.46. The van der Waals surface area contributed by atoms with E-state index in [0.717, 1.165) is 12.6 Å². The maximum Gasteiger partial charge on any atom is 0.0462 e. The zero-order chi connectivity index (χ0) is 12.6. The molecule has 0 aromatic rings. The molecule has 0 N–H and O–H groups in total. The Morgan fingerprint density at radius 3 is 2.78 bits per heavy atom. The predicted molar refractivity (Wildman–Crippen MR) is 76.0 cm³/mol. The maximum atomic E-state index is 5.10. The molecule has 0 bridgehead atoms. The van der Waals surface area contributed by atoms with Crippen molar-refractivity contribution in [3.8, 4) is 0 Å². The molecule has 3 nitrogen and oxygen atoms in total. The van der Waals surface area contributed by atoms with Crippen LogP contribution in [0.15, 0.2) is 0 Å². The fraction of sp³-hybridized carbons (Fsp3) is 1.00. The molecular weight excluding hydrogens is 224 g/mol. The van der Waals surface area contributed by atoms with E-state index in [4.69, 9.17) is 4.74 Å². The van der Waals surface area contributed by atoms with Crippen LogP contribution >= 0.6 is 0 Å². The average Bonchev–Trinajstić information content (AvgIpc) is 2.60. The van der Waals surface area contributed by atoms with E-state index in [-0.39, 0.29) is 0 Å². The van der Waals surface area contributed by atoms with Crippen molar-refractivity contribution in [3.63, 3.8) is 0 Å². The second-order valence-electron chi connectivity index (χ2n) is 5.89. The molecule has 1 unspecified atom stereocenters. The highest BCUT2D eigenvalue weighted by Crippen LogP contribution is 2.21. The molecule has 0 spiro atoms. The Hall–Kier alpha value is -0.120. The van der Waals surface area contributed by atoms with Gasteiger partial charge in [-0.05, 0) is 64.7 Å². The molecule has 0 amide bonds. The number of piperidine rings is 1. The number of hydrogen-bond donors (Lipinski definition) is 0. The Labute approximate surface area is 112 Å². The minimum absolute atomic E-state index is 0.861. The van der Waals surface area contributed by atoms with Crippen LogP contribution in [0.5, 0.6) is 0 Å². The van der Waals surface area contributed by atoms with Gasteiger partial charge in [-0.15, -0.1) is 0 Å². The zero-order valence-electron chi connectivity index (χ0n) is 12.1. The molecule has 0 aromatic carbocycles. The smallest absolute Gasteiger partial charge is 0.0462 e. The van der Waals surface area contributed by atoms with E-state index < -0.39 is 0 Å². The second kappa shape index (κ2) is 8.13. The first-order valence-corrected chi connectivity index (χ1v) is 7.85. The van der Waals surface area contributed by atoms with Gasteiger partial charge in [0.1, 0.15) is 0 Å². The third kappa shape index (κ3) is 4.52. The highest BCUT2D eigenvalue weighted by atomic mass is 16.5. The van der Waals surface area contributed by atoms with Crippen LogP contribution in [0.2, 0.25) is 0 Å². The highest BCUT2D eigenvalue weighted by Gasteiger charge is 2.26. The monoisotopic (exact) mass is 254 g/mol. The van der Waals surface area contributed by atoms with Gasteiger partial charge in [0.25, 0.3) is 0 Å². The van der Waals surface area contributed by atoms with E-state index >= 15 is 0 Å². The summed E-state index contributed by atoms with van der Waals surface area (Å²) in [7, 11) is 1.80. The van der Waals surface area contributed by atoms with Crippen molar-refractivity contribution in [3.05, 3.63) is 0 Å². The lowest BCUT2D eigenvalue weighted by Crippen LogP contribution is -2.44. The molecule has 0 radical (unpaired) electrons. The fourth-order valence-electron chi connectivity index (χ4n) is 3.41. The summed E-state index contributed by atoms with van der Waals surface area (Å²) < 4.78 is 5.10. The van der Waals surface area contributed by atoms with E-state index in [1.165, 1.54) is 77.7 Å². The van der Waals surface area contributed by atoms with Crippen molar-refractivity contribution in [2.75, 3.05) is 46.4 Å². The largest absolute Gasteiger partial charge is 0.385 e. The van der Waals surface area contributed by atoms with Crippen LogP contribution in [0, 0.1) is 0 Å². The van der Waals surface area contributed by atoms with Crippen LogP contribution < -0.4 is 0 Å². The SMILES string of the molecule is COCCCCCN1CCCN2CCCCC2C1. The van der Waals surface area contributed by atoms with E-state index in [1.54, 1.807) is 7.11 Å². The standard InChI is InChI=1S/C15H30N2O/c1-18-13-6-2-4-9-16-10-7-12-17-11-5-3-8-15(17)14-16/h15H,2-14H2,1H3. The Morgan fingerprint density at radius 1 is 1.00 bits per heavy atom. The minimum atomic E-state index is 0.861. The van der Waals surface area contributed by atoms with Crippen molar-refractivity contribution < 1.29 is 4.74 Å². The summed E-state index contributed by atoms with van der Waals surface area (Å²) in [4.78, 5) is 5.46. The van der Waals surface area contributed by atoms with Crippen LogP contribution in [0.4, 0.5) is 0 Å². The van der Waals surface area contributed by atoms with Crippen LogP contribution in [0.25, 0.3) is 0 Å². The summed E-state index contributed by atoms with van der Waals surface area (Å²) in [6, 6.07) is 0.861. The van der Waals surface area contributed by atoms with Crippen molar-refractivity contribution >= 4 is 0 Å². The molecule has 2 heterocycles. The van der Waals surface area contributed by atoms with Crippen LogP contribution in [0.3, 0.4) is 0 Å². The first-order chi connectivity index (χ1) is 8.90. The number of unbranched alkanes of at least 4 members (excludes halogenated alkanes) is 2. The van der Waals surface area contributed by atoms with Crippen LogP contribution in [-0.4, -0.2) is 62.3 Å². The summed E-state index contributed by atoms with van der Waals surface area (Å²) in [5.74, 6) is 0. The molecule has 106 valence electrons. The second-order valence-corrected chi connectivity index (χ2v) is 5.89. The van der Waals surface area contributed by atoms with Crippen LogP contribution in [0.1, 0.15) is 44.9 Å². The van der Waals surface area contributed by atoms with Gasteiger partial charge < -0.3 is 9.64 Å². The molecule has 0 aliphatic carbocycles. The Bertz CT molecular complexity index is 223. The van der Waals surface area contributed by atoms with Crippen molar-refractivity contribution in [1.29, 1.82) is 0 Å². The van der Waals surface area contributed by atoms with E-state index in [0.29, 0.717) is 0 Å². The van der Waals surface area contributed by atoms with E-state index in [1.807, 2.05) is 0 Å². The van der Waals surface area contributed by atoms with Gasteiger partial charge in [0.15, 0.2) is 0 Å². The highest BCUT2D eigenvalue weighted by molar-refractivity contribution is 4.83. The minimum Gasteiger partial charge on any atom is -0.385 e. The predicted octanol–water partition coefficient (Wildman–Crippen LogP) is 2.36.